The van der Waals surface area contributed by atoms with Crippen molar-refractivity contribution in [3.8, 4) is 5.75 Å². The normalized spacial score (nSPS) is 15.2. The molecule has 2 heterocycles. The summed E-state index contributed by atoms with van der Waals surface area (Å²) in [5.41, 5.74) is 0.738. The van der Waals surface area contributed by atoms with E-state index in [0.717, 1.165) is 19.5 Å². The van der Waals surface area contributed by atoms with E-state index in [1.807, 2.05) is 4.90 Å². The number of ether oxygens (including phenoxy) is 1. The highest BCUT2D eigenvalue weighted by molar-refractivity contribution is 9.10. The summed E-state index contributed by atoms with van der Waals surface area (Å²) in [6.45, 7) is -1.14. The molecule has 0 N–H and O–H groups in total. The van der Waals surface area contributed by atoms with Crippen LogP contribution in [0.4, 0.5) is 14.8 Å². The van der Waals surface area contributed by atoms with Gasteiger partial charge in [-0.15, -0.1) is 0 Å². The molecular weight excluding hydrogens is 310 g/mol. The maximum atomic E-state index is 12.3. The monoisotopic (exact) mass is 318 g/mol. The Kier molecular flexibility index (Phi) is 2.85. The van der Waals surface area contributed by atoms with Gasteiger partial charge in [-0.25, -0.2) is 0 Å². The molecule has 0 bridgehead atoms. The lowest BCUT2D eigenvalue weighted by Gasteiger charge is -2.28. The van der Waals surface area contributed by atoms with Crippen LogP contribution in [0.2, 0.25) is 0 Å². The van der Waals surface area contributed by atoms with Crippen LogP contribution in [0.5, 0.6) is 5.75 Å². The molecule has 0 atom stereocenters. The van der Waals surface area contributed by atoms with Gasteiger partial charge in [0, 0.05) is 13.1 Å². The van der Waals surface area contributed by atoms with Gasteiger partial charge in [0.15, 0.2) is 16.8 Å². The quantitative estimate of drug-likeness (QED) is 0.869. The fourth-order valence-electron chi connectivity index (χ4n) is 1.78. The molecule has 4 nitrogen and oxygen atoms in total. The summed E-state index contributed by atoms with van der Waals surface area (Å²) in [6.07, 6.45) is 1.08. The number of oxazole rings is 1. The molecule has 0 aliphatic carbocycles. The van der Waals surface area contributed by atoms with Gasteiger partial charge in [-0.05, 0) is 34.5 Å². The van der Waals surface area contributed by atoms with Crippen LogP contribution in [0.25, 0.3) is 11.1 Å². The number of hydrogen-bond donors (Lipinski definition) is 0. The zero-order valence-corrected chi connectivity index (χ0v) is 10.8. The van der Waals surface area contributed by atoms with E-state index in [9.17, 15) is 8.78 Å². The van der Waals surface area contributed by atoms with Crippen molar-refractivity contribution in [1.82, 2.24) is 4.98 Å². The minimum Gasteiger partial charge on any atom is -0.432 e. The average Bonchev–Trinajstić information content (AvgIpc) is 2.64. The predicted molar refractivity (Wildman–Crippen MR) is 65.2 cm³/mol. The number of alkyl halides is 2. The van der Waals surface area contributed by atoms with Gasteiger partial charge in [0.25, 0.3) is 6.01 Å². The Morgan fingerprint density at radius 3 is 2.78 bits per heavy atom. The Bertz CT molecular complexity index is 584. The third-order valence-corrected chi connectivity index (χ3v) is 3.41. The molecule has 1 saturated heterocycles. The zero-order chi connectivity index (χ0) is 12.7. The first-order valence-electron chi connectivity index (χ1n) is 5.44. The Balaban J connectivity index is 2.08. The van der Waals surface area contributed by atoms with Gasteiger partial charge in [-0.3, -0.25) is 0 Å². The third-order valence-electron chi connectivity index (χ3n) is 2.79. The van der Waals surface area contributed by atoms with Crippen LogP contribution >= 0.6 is 15.9 Å². The van der Waals surface area contributed by atoms with Crippen LogP contribution in [0, 0.1) is 0 Å². The van der Waals surface area contributed by atoms with E-state index in [-0.39, 0.29) is 5.75 Å². The fourth-order valence-corrected chi connectivity index (χ4v) is 2.18. The molecule has 0 spiro atoms. The second-order valence-electron chi connectivity index (χ2n) is 3.94. The van der Waals surface area contributed by atoms with Gasteiger partial charge < -0.3 is 14.1 Å². The Labute approximate surface area is 110 Å². The summed E-state index contributed by atoms with van der Waals surface area (Å²) in [4.78, 5) is 6.16. The summed E-state index contributed by atoms with van der Waals surface area (Å²) in [5.74, 6) is 0.0266. The van der Waals surface area contributed by atoms with E-state index in [2.05, 4.69) is 25.7 Å². The molecule has 0 saturated carbocycles. The van der Waals surface area contributed by atoms with Gasteiger partial charge in [0.2, 0.25) is 0 Å². The van der Waals surface area contributed by atoms with Crippen LogP contribution in [0.15, 0.2) is 21.0 Å². The van der Waals surface area contributed by atoms with E-state index in [4.69, 9.17) is 4.42 Å². The highest BCUT2D eigenvalue weighted by atomic mass is 79.9. The summed E-state index contributed by atoms with van der Waals surface area (Å²) in [7, 11) is 0. The maximum absolute atomic E-state index is 12.3. The molecule has 1 aliphatic heterocycles. The summed E-state index contributed by atoms with van der Waals surface area (Å²) in [5, 5.41) is 0. The Morgan fingerprint density at radius 2 is 2.17 bits per heavy atom. The number of hydrogen-bond acceptors (Lipinski definition) is 4. The number of anilines is 1. The van der Waals surface area contributed by atoms with Gasteiger partial charge in [0.05, 0.1) is 4.47 Å². The van der Waals surface area contributed by atoms with Gasteiger partial charge in [-0.2, -0.15) is 13.8 Å². The lowest BCUT2D eigenvalue weighted by Crippen LogP contribution is -2.37. The van der Waals surface area contributed by atoms with Gasteiger partial charge in [0.1, 0.15) is 0 Å². The minimum atomic E-state index is -2.88. The maximum Gasteiger partial charge on any atom is 0.387 e. The van der Waals surface area contributed by atoms with Crippen LogP contribution in [0.3, 0.4) is 0 Å². The molecule has 1 fully saturated rings. The van der Waals surface area contributed by atoms with Crippen molar-refractivity contribution in [3.05, 3.63) is 16.6 Å². The highest BCUT2D eigenvalue weighted by Gasteiger charge is 2.23. The fraction of sp³-hybridized carbons (Fsp3) is 0.364. The van der Waals surface area contributed by atoms with Crippen molar-refractivity contribution >= 4 is 33.0 Å². The lowest BCUT2D eigenvalue weighted by atomic mass is 10.2. The summed E-state index contributed by atoms with van der Waals surface area (Å²) >= 11 is 3.30. The van der Waals surface area contributed by atoms with E-state index in [0.29, 0.717) is 21.6 Å². The van der Waals surface area contributed by atoms with E-state index < -0.39 is 6.61 Å². The first kappa shape index (κ1) is 11.7. The van der Waals surface area contributed by atoms with Crippen LogP contribution in [0.1, 0.15) is 6.42 Å². The standard InChI is InChI=1S/C11H9BrF2N2O2/c12-6-2-3-7(17-10(13)14)8-9(6)18-11(15-8)16-4-1-5-16/h2-3,10H,1,4-5H2. The number of rotatable bonds is 3. The first-order chi connectivity index (χ1) is 8.65. The smallest absolute Gasteiger partial charge is 0.387 e. The van der Waals surface area contributed by atoms with Gasteiger partial charge in [-0.1, -0.05) is 0 Å². The molecule has 0 unspecified atom stereocenters. The molecule has 96 valence electrons. The first-order valence-corrected chi connectivity index (χ1v) is 6.23. The molecule has 1 aromatic carbocycles. The lowest BCUT2D eigenvalue weighted by molar-refractivity contribution is -0.0489. The van der Waals surface area contributed by atoms with E-state index in [1.54, 1.807) is 6.07 Å². The molecule has 1 aromatic heterocycles. The Hall–Kier alpha value is -1.37. The largest absolute Gasteiger partial charge is 0.432 e. The molecule has 7 heteroatoms. The van der Waals surface area contributed by atoms with Crippen molar-refractivity contribution in [2.24, 2.45) is 0 Å². The molecule has 0 amide bonds. The molecule has 2 aromatic rings. The van der Waals surface area contributed by atoms with Crippen LogP contribution in [-0.2, 0) is 0 Å². The van der Waals surface area contributed by atoms with Crippen LogP contribution in [-0.4, -0.2) is 24.7 Å². The second kappa shape index (κ2) is 4.38. The van der Waals surface area contributed by atoms with E-state index >= 15 is 0 Å². The SMILES string of the molecule is FC(F)Oc1ccc(Br)c2oc(N3CCC3)nc12. The molecular formula is C11H9BrF2N2O2. The third kappa shape index (κ3) is 1.92. The molecule has 0 radical (unpaired) electrons. The molecule has 18 heavy (non-hydrogen) atoms. The van der Waals surface area contributed by atoms with E-state index in [1.165, 1.54) is 6.07 Å². The predicted octanol–water partition coefficient (Wildman–Crippen LogP) is 3.40. The van der Waals surface area contributed by atoms with Crippen molar-refractivity contribution in [2.75, 3.05) is 18.0 Å². The van der Waals surface area contributed by atoms with Crippen molar-refractivity contribution in [2.45, 2.75) is 13.0 Å². The number of benzene rings is 1. The van der Waals surface area contributed by atoms with Crippen molar-refractivity contribution < 1.29 is 17.9 Å². The number of nitrogens with zero attached hydrogens (tertiary/aromatic N) is 2. The van der Waals surface area contributed by atoms with Crippen LogP contribution < -0.4 is 9.64 Å². The second-order valence-corrected chi connectivity index (χ2v) is 4.79. The minimum absolute atomic E-state index is 0.0266. The number of fused-ring (bicyclic) bond motifs is 1. The highest BCUT2D eigenvalue weighted by Crippen LogP contribution is 2.36. The number of aromatic nitrogens is 1. The van der Waals surface area contributed by atoms with Crippen molar-refractivity contribution in [3.63, 3.8) is 0 Å². The average molecular weight is 319 g/mol. The van der Waals surface area contributed by atoms with Gasteiger partial charge >= 0.3 is 6.61 Å². The number of halogens is 3. The summed E-state index contributed by atoms with van der Waals surface area (Å²) in [6, 6.07) is 3.49. The zero-order valence-electron chi connectivity index (χ0n) is 9.20. The topological polar surface area (TPSA) is 38.5 Å². The van der Waals surface area contributed by atoms with Crippen molar-refractivity contribution in [1.29, 1.82) is 0 Å². The summed E-state index contributed by atoms with van der Waals surface area (Å²) < 4.78 is 35.2. The Morgan fingerprint density at radius 1 is 1.39 bits per heavy atom. The molecule has 3 rings (SSSR count). The molecule has 1 aliphatic rings.